The van der Waals surface area contributed by atoms with Gasteiger partial charge in [-0.05, 0) is 24.1 Å². The van der Waals surface area contributed by atoms with Crippen LogP contribution in [0.1, 0.15) is 16.9 Å². The lowest BCUT2D eigenvalue weighted by Crippen LogP contribution is -2.12. The number of hydrogen-bond acceptors (Lipinski definition) is 5. The molecule has 142 valence electrons. The first-order valence-electron chi connectivity index (χ1n) is 8.60. The van der Waals surface area contributed by atoms with Gasteiger partial charge in [0.15, 0.2) is 5.78 Å². The van der Waals surface area contributed by atoms with Gasteiger partial charge in [0.1, 0.15) is 17.0 Å². The Balaban J connectivity index is 1.76. The number of fused-ring (bicyclic) bond motifs is 1. The van der Waals surface area contributed by atoms with Crippen LogP contribution in [0, 0.1) is 6.92 Å². The summed E-state index contributed by atoms with van der Waals surface area (Å²) >= 11 is 1.52. The Bertz CT molecular complexity index is 1160. The van der Waals surface area contributed by atoms with E-state index in [4.69, 9.17) is 0 Å². The van der Waals surface area contributed by atoms with E-state index in [-0.39, 0.29) is 0 Å². The number of nitrogens with one attached hydrogen (secondary N) is 1. The molecule has 0 spiro atoms. The maximum atomic E-state index is 12.1. The van der Waals surface area contributed by atoms with E-state index in [1.165, 1.54) is 23.2 Å². The van der Waals surface area contributed by atoms with Crippen LogP contribution in [0.2, 0.25) is 0 Å². The van der Waals surface area contributed by atoms with Crippen LogP contribution in [0.5, 0.6) is 0 Å². The first-order chi connectivity index (χ1) is 13.4. The summed E-state index contributed by atoms with van der Waals surface area (Å²) in [5, 5.41) is 3.68. The molecule has 2 heterocycles. The number of thiophene rings is 1. The Morgan fingerprint density at radius 3 is 2.43 bits per heavy atom. The topological polar surface area (TPSA) is 95.3 Å². The molecule has 0 aliphatic carbocycles. The normalized spacial score (nSPS) is 12.8. The zero-order valence-corrected chi connectivity index (χ0v) is 16.7. The fourth-order valence-corrected chi connectivity index (χ4v) is 4.81. The van der Waals surface area contributed by atoms with Gasteiger partial charge in [-0.2, -0.15) is 0 Å². The summed E-state index contributed by atoms with van der Waals surface area (Å²) < 4.78 is 12.1. The summed E-state index contributed by atoms with van der Waals surface area (Å²) in [4.78, 5) is 30.1. The van der Waals surface area contributed by atoms with Crippen LogP contribution in [0.4, 0.5) is 5.82 Å². The standard InChI is InChI=1S/C20H18N3O3PS/c1-13-7-9-14(10-8-13)17-11-16-18(21-12-22-20(16)28-17)23-19(27(24,25)26)15-5-3-2-4-6-15/h2-12,19H,1H3,(H,21,22,23)(H2,24,25,26). The van der Waals surface area contributed by atoms with Crippen molar-refractivity contribution in [2.45, 2.75) is 12.7 Å². The van der Waals surface area contributed by atoms with Gasteiger partial charge in [-0.1, -0.05) is 60.2 Å². The predicted octanol–water partition coefficient (Wildman–Crippen LogP) is 4.96. The maximum Gasteiger partial charge on any atom is 0.352 e. The highest BCUT2D eigenvalue weighted by molar-refractivity contribution is 7.52. The van der Waals surface area contributed by atoms with Gasteiger partial charge in [0, 0.05) is 4.88 Å². The van der Waals surface area contributed by atoms with Gasteiger partial charge < -0.3 is 15.1 Å². The predicted molar refractivity (Wildman–Crippen MR) is 112 cm³/mol. The fourth-order valence-electron chi connectivity index (χ4n) is 2.96. The highest BCUT2D eigenvalue weighted by atomic mass is 32.1. The van der Waals surface area contributed by atoms with Gasteiger partial charge in [0.2, 0.25) is 0 Å². The van der Waals surface area contributed by atoms with E-state index in [0.717, 1.165) is 20.7 Å². The molecular formula is C20H18N3O3PS. The van der Waals surface area contributed by atoms with Crippen molar-refractivity contribution in [3.63, 3.8) is 0 Å². The van der Waals surface area contributed by atoms with Crippen molar-refractivity contribution in [2.24, 2.45) is 0 Å². The molecule has 8 heteroatoms. The molecule has 0 saturated carbocycles. The number of benzene rings is 2. The summed E-state index contributed by atoms with van der Waals surface area (Å²) in [7, 11) is -4.47. The largest absolute Gasteiger partial charge is 0.352 e. The average molecular weight is 411 g/mol. The van der Waals surface area contributed by atoms with Crippen LogP contribution in [0.15, 0.2) is 67.0 Å². The highest BCUT2D eigenvalue weighted by Crippen LogP contribution is 2.52. The quantitative estimate of drug-likeness (QED) is 0.402. The fraction of sp³-hybridized carbons (Fsp3) is 0.100. The van der Waals surface area contributed by atoms with Crippen LogP contribution in [-0.4, -0.2) is 19.8 Å². The number of aryl methyl sites for hydroxylation is 1. The summed E-state index contributed by atoms with van der Waals surface area (Å²) in [6, 6.07) is 18.8. The third-order valence-corrected chi connectivity index (χ3v) is 6.58. The Labute approximate surface area is 166 Å². The molecular weight excluding hydrogens is 393 g/mol. The Morgan fingerprint density at radius 2 is 1.75 bits per heavy atom. The first-order valence-corrected chi connectivity index (χ1v) is 11.1. The van der Waals surface area contributed by atoms with E-state index < -0.39 is 13.4 Å². The molecule has 0 aliphatic heterocycles. The molecule has 28 heavy (non-hydrogen) atoms. The molecule has 2 aromatic heterocycles. The SMILES string of the molecule is Cc1ccc(-c2cc3c(NC(c4ccccc4)P(=O)(O)O)ncnc3s2)cc1. The molecule has 4 rings (SSSR count). The van der Waals surface area contributed by atoms with Gasteiger partial charge in [-0.3, -0.25) is 4.57 Å². The maximum absolute atomic E-state index is 12.1. The second-order valence-electron chi connectivity index (χ2n) is 6.46. The van der Waals surface area contributed by atoms with E-state index in [1.807, 2.05) is 37.3 Å². The minimum Gasteiger partial charge on any atom is -0.352 e. The molecule has 4 aromatic rings. The molecule has 0 fully saturated rings. The average Bonchev–Trinajstić information content (AvgIpc) is 3.11. The summed E-state index contributed by atoms with van der Waals surface area (Å²) in [6.45, 7) is 2.04. The summed E-state index contributed by atoms with van der Waals surface area (Å²) in [5.74, 6) is -0.786. The van der Waals surface area contributed by atoms with Gasteiger partial charge in [0.25, 0.3) is 0 Å². The van der Waals surface area contributed by atoms with E-state index in [9.17, 15) is 14.4 Å². The zero-order valence-electron chi connectivity index (χ0n) is 15.0. The van der Waals surface area contributed by atoms with Gasteiger partial charge in [-0.25, -0.2) is 9.97 Å². The van der Waals surface area contributed by atoms with Crippen molar-refractivity contribution in [2.75, 3.05) is 5.32 Å². The van der Waals surface area contributed by atoms with E-state index in [2.05, 4.69) is 15.3 Å². The molecule has 0 amide bonds. The Morgan fingerprint density at radius 1 is 1.04 bits per heavy atom. The molecule has 0 bridgehead atoms. The molecule has 0 saturated heterocycles. The number of aromatic nitrogens is 2. The number of anilines is 1. The van der Waals surface area contributed by atoms with Crippen molar-refractivity contribution in [1.82, 2.24) is 9.97 Å². The van der Waals surface area contributed by atoms with Crippen LogP contribution >= 0.6 is 18.9 Å². The lowest BCUT2D eigenvalue weighted by molar-refractivity contribution is 0.363. The number of rotatable bonds is 5. The number of hydrogen-bond donors (Lipinski definition) is 3. The van der Waals surface area contributed by atoms with Crippen molar-refractivity contribution in [3.05, 3.63) is 78.1 Å². The van der Waals surface area contributed by atoms with Crippen molar-refractivity contribution >= 4 is 35.0 Å². The second kappa shape index (κ2) is 7.45. The van der Waals surface area contributed by atoms with Crippen LogP contribution in [-0.2, 0) is 4.57 Å². The lowest BCUT2D eigenvalue weighted by Gasteiger charge is -2.21. The van der Waals surface area contributed by atoms with Crippen LogP contribution in [0.3, 0.4) is 0 Å². The van der Waals surface area contributed by atoms with Crippen molar-refractivity contribution in [1.29, 1.82) is 0 Å². The first kappa shape index (κ1) is 18.8. The zero-order chi connectivity index (χ0) is 19.7. The van der Waals surface area contributed by atoms with Gasteiger partial charge in [-0.15, -0.1) is 11.3 Å². The Hall–Kier alpha value is -2.57. The van der Waals surface area contributed by atoms with Crippen LogP contribution < -0.4 is 5.32 Å². The van der Waals surface area contributed by atoms with Gasteiger partial charge >= 0.3 is 7.60 Å². The minimum atomic E-state index is -4.47. The van der Waals surface area contributed by atoms with Crippen molar-refractivity contribution in [3.8, 4) is 10.4 Å². The third-order valence-electron chi connectivity index (χ3n) is 4.39. The molecule has 0 radical (unpaired) electrons. The van der Waals surface area contributed by atoms with E-state index in [0.29, 0.717) is 11.4 Å². The monoisotopic (exact) mass is 411 g/mol. The van der Waals surface area contributed by atoms with E-state index >= 15 is 0 Å². The van der Waals surface area contributed by atoms with E-state index in [1.54, 1.807) is 30.3 Å². The van der Waals surface area contributed by atoms with Crippen LogP contribution in [0.25, 0.3) is 20.7 Å². The molecule has 1 atom stereocenters. The lowest BCUT2D eigenvalue weighted by atomic mass is 10.1. The summed E-state index contributed by atoms with van der Waals surface area (Å²) in [6.07, 6.45) is 1.40. The molecule has 1 unspecified atom stereocenters. The summed E-state index contributed by atoms with van der Waals surface area (Å²) in [5.41, 5.74) is 2.74. The Kier molecular flexibility index (Phi) is 5.00. The van der Waals surface area contributed by atoms with Gasteiger partial charge in [0.05, 0.1) is 5.39 Å². The number of nitrogens with zero attached hydrogens (tertiary/aromatic N) is 2. The highest BCUT2D eigenvalue weighted by Gasteiger charge is 2.31. The molecule has 6 nitrogen and oxygen atoms in total. The van der Waals surface area contributed by atoms with Crippen molar-refractivity contribution < 1.29 is 14.4 Å². The molecule has 3 N–H and O–H groups in total. The third kappa shape index (κ3) is 3.84. The minimum absolute atomic E-state index is 0.400. The molecule has 2 aromatic carbocycles. The smallest absolute Gasteiger partial charge is 0.352 e. The molecule has 0 aliphatic rings. The second-order valence-corrected chi connectivity index (χ2v) is 9.19.